The summed E-state index contributed by atoms with van der Waals surface area (Å²) in [5.74, 6) is 0.975. The molecule has 0 spiro atoms. The van der Waals surface area contributed by atoms with Gasteiger partial charge in [0.15, 0.2) is 0 Å². The minimum absolute atomic E-state index is 0.828. The molecule has 0 N–H and O–H groups in total. The first-order valence-electron chi connectivity index (χ1n) is 9.16. The second-order valence-electron chi connectivity index (χ2n) is 6.12. The third kappa shape index (κ3) is 11.9. The second kappa shape index (κ2) is 13.0. The number of ether oxygens (including phenoxy) is 1. The third-order valence-electron chi connectivity index (χ3n) is 3.81. The molecule has 7 heteroatoms. The standard InChI is InChI=1S/C20H25IO.BF4/c1-2-3-4-5-6-9-16-22-18-14-12-17(13-15-18)19-10-7-8-11-20(19)21;2-1(3,4)5/h7-8,10-15H,2-6,9,16H2,1H3;/q;-1. The number of halogens is 5. The molecule has 27 heavy (non-hydrogen) atoms. The van der Waals surface area contributed by atoms with E-state index in [1.807, 2.05) is 0 Å². The highest BCUT2D eigenvalue weighted by Gasteiger charge is 2.20. The lowest BCUT2D eigenvalue weighted by atomic mass is 10.1. The summed E-state index contributed by atoms with van der Waals surface area (Å²) in [4.78, 5) is 0. The molecule has 2 aromatic carbocycles. The zero-order chi connectivity index (χ0) is 20.1. The minimum Gasteiger partial charge on any atom is -0.494 e. The molecule has 2 aromatic rings. The molecule has 0 heterocycles. The predicted molar refractivity (Wildman–Crippen MR) is 114 cm³/mol. The molecule has 0 aliphatic rings. The van der Waals surface area contributed by atoms with Gasteiger partial charge in [0.25, 0.3) is 0 Å². The van der Waals surface area contributed by atoms with Crippen LogP contribution in [0.2, 0.25) is 0 Å². The first-order chi connectivity index (χ1) is 12.8. The van der Waals surface area contributed by atoms with E-state index >= 15 is 0 Å². The van der Waals surface area contributed by atoms with Crippen LogP contribution in [-0.2, 0) is 0 Å². The van der Waals surface area contributed by atoms with Crippen molar-refractivity contribution in [3.8, 4) is 16.9 Å². The minimum atomic E-state index is -6.00. The van der Waals surface area contributed by atoms with Crippen LogP contribution in [-0.4, -0.2) is 13.9 Å². The van der Waals surface area contributed by atoms with Gasteiger partial charge in [0.05, 0.1) is 6.61 Å². The SMILES string of the molecule is CCCCCCCCOc1ccc(-c2ccccc2I)cc1.F[B-](F)(F)F. The molecule has 0 atom stereocenters. The van der Waals surface area contributed by atoms with Crippen LogP contribution in [0, 0.1) is 3.57 Å². The number of hydrogen-bond donors (Lipinski definition) is 0. The summed E-state index contributed by atoms with van der Waals surface area (Å²) < 4.78 is 46.1. The van der Waals surface area contributed by atoms with Gasteiger partial charge >= 0.3 is 7.25 Å². The molecule has 0 aliphatic heterocycles. The average Bonchev–Trinajstić information content (AvgIpc) is 2.61. The molecule has 0 saturated carbocycles. The summed E-state index contributed by atoms with van der Waals surface area (Å²) in [6.07, 6.45) is 7.80. The van der Waals surface area contributed by atoms with Crippen molar-refractivity contribution in [1.29, 1.82) is 0 Å². The molecule has 0 bridgehead atoms. The van der Waals surface area contributed by atoms with E-state index in [2.05, 4.69) is 78.0 Å². The van der Waals surface area contributed by atoms with Gasteiger partial charge in [-0.15, -0.1) is 0 Å². The highest BCUT2D eigenvalue weighted by Crippen LogP contribution is 2.26. The van der Waals surface area contributed by atoms with E-state index in [0.717, 1.165) is 18.8 Å². The van der Waals surface area contributed by atoms with Crippen molar-refractivity contribution in [2.45, 2.75) is 45.4 Å². The van der Waals surface area contributed by atoms with Crippen molar-refractivity contribution in [2.24, 2.45) is 0 Å². The fraction of sp³-hybridized carbons (Fsp3) is 0.400. The molecule has 0 fully saturated rings. The first kappa shape index (κ1) is 23.8. The fourth-order valence-corrected chi connectivity index (χ4v) is 3.20. The quantitative estimate of drug-likeness (QED) is 0.148. The average molecular weight is 495 g/mol. The Hall–Kier alpha value is -1.25. The highest BCUT2D eigenvalue weighted by atomic mass is 127. The molecule has 0 radical (unpaired) electrons. The predicted octanol–water partition coefficient (Wildman–Crippen LogP) is 8.00. The Morgan fingerprint density at radius 3 is 1.96 bits per heavy atom. The van der Waals surface area contributed by atoms with Crippen LogP contribution >= 0.6 is 22.6 Å². The lowest BCUT2D eigenvalue weighted by Crippen LogP contribution is -2.02. The number of benzene rings is 2. The van der Waals surface area contributed by atoms with Crippen molar-refractivity contribution in [3.63, 3.8) is 0 Å². The summed E-state index contributed by atoms with van der Waals surface area (Å²) in [5.41, 5.74) is 2.53. The Morgan fingerprint density at radius 1 is 0.815 bits per heavy atom. The van der Waals surface area contributed by atoms with E-state index in [0.29, 0.717) is 0 Å². The molecule has 0 amide bonds. The Morgan fingerprint density at radius 2 is 1.37 bits per heavy atom. The third-order valence-corrected chi connectivity index (χ3v) is 4.75. The molecule has 0 saturated heterocycles. The van der Waals surface area contributed by atoms with E-state index in [-0.39, 0.29) is 0 Å². The van der Waals surface area contributed by atoms with Crippen LogP contribution in [0.4, 0.5) is 17.3 Å². The summed E-state index contributed by atoms with van der Waals surface area (Å²) in [6, 6.07) is 16.9. The van der Waals surface area contributed by atoms with Gasteiger partial charge in [-0.3, -0.25) is 0 Å². The first-order valence-corrected chi connectivity index (χ1v) is 10.2. The van der Waals surface area contributed by atoms with Crippen LogP contribution in [0.15, 0.2) is 48.5 Å². The molecular formula is C20H25BF4IO-. The molecule has 1 nitrogen and oxygen atoms in total. The maximum Gasteiger partial charge on any atom is 0.673 e. The normalized spacial score (nSPS) is 10.9. The van der Waals surface area contributed by atoms with Gasteiger partial charge in [-0.1, -0.05) is 69.4 Å². The lowest BCUT2D eigenvalue weighted by Gasteiger charge is -2.08. The van der Waals surface area contributed by atoms with E-state index in [4.69, 9.17) is 4.74 Å². The van der Waals surface area contributed by atoms with E-state index in [9.17, 15) is 17.3 Å². The number of hydrogen-bond acceptors (Lipinski definition) is 1. The van der Waals surface area contributed by atoms with Crippen molar-refractivity contribution in [2.75, 3.05) is 6.61 Å². The van der Waals surface area contributed by atoms with Gasteiger partial charge in [-0.25, -0.2) is 0 Å². The van der Waals surface area contributed by atoms with Gasteiger partial charge in [-0.2, -0.15) is 0 Å². The van der Waals surface area contributed by atoms with E-state index in [1.54, 1.807) is 0 Å². The highest BCUT2D eigenvalue weighted by molar-refractivity contribution is 14.1. The van der Waals surface area contributed by atoms with Gasteiger partial charge in [-0.05, 0) is 58.3 Å². The van der Waals surface area contributed by atoms with E-state index in [1.165, 1.54) is 46.8 Å². The monoisotopic (exact) mass is 495 g/mol. The van der Waals surface area contributed by atoms with Crippen molar-refractivity contribution in [3.05, 3.63) is 52.1 Å². The van der Waals surface area contributed by atoms with Crippen LogP contribution < -0.4 is 4.74 Å². The number of rotatable bonds is 9. The van der Waals surface area contributed by atoms with Gasteiger partial charge in [0.2, 0.25) is 0 Å². The number of unbranched alkanes of at least 4 members (excludes halogenated alkanes) is 5. The molecule has 0 aromatic heterocycles. The fourth-order valence-electron chi connectivity index (χ4n) is 2.50. The molecule has 2 rings (SSSR count). The lowest BCUT2D eigenvalue weighted by molar-refractivity contribution is 0.304. The molecule has 0 unspecified atom stereocenters. The van der Waals surface area contributed by atoms with Crippen molar-refractivity contribution in [1.82, 2.24) is 0 Å². The Bertz CT molecular complexity index is 641. The summed E-state index contributed by atoms with van der Waals surface area (Å²) >= 11 is 2.38. The van der Waals surface area contributed by atoms with Crippen LogP contribution in [0.3, 0.4) is 0 Å². The van der Waals surface area contributed by atoms with Crippen LogP contribution in [0.1, 0.15) is 45.4 Å². The summed E-state index contributed by atoms with van der Waals surface area (Å²) in [6.45, 7) is 3.08. The smallest absolute Gasteiger partial charge is 0.494 e. The molecule has 150 valence electrons. The zero-order valence-corrected chi connectivity index (χ0v) is 17.6. The van der Waals surface area contributed by atoms with Crippen molar-refractivity contribution >= 4 is 29.8 Å². The zero-order valence-electron chi connectivity index (χ0n) is 15.4. The van der Waals surface area contributed by atoms with Crippen LogP contribution in [0.5, 0.6) is 5.75 Å². The summed E-state index contributed by atoms with van der Waals surface area (Å²) in [7, 11) is -6.00. The van der Waals surface area contributed by atoms with Gasteiger partial charge < -0.3 is 22.0 Å². The van der Waals surface area contributed by atoms with Crippen LogP contribution in [0.25, 0.3) is 11.1 Å². The van der Waals surface area contributed by atoms with Gasteiger partial charge in [0.1, 0.15) is 5.75 Å². The van der Waals surface area contributed by atoms with Crippen molar-refractivity contribution < 1.29 is 22.0 Å². The largest absolute Gasteiger partial charge is 0.673 e. The Balaban J connectivity index is 0.000000646. The Kier molecular flexibility index (Phi) is 11.5. The maximum atomic E-state index is 9.75. The van der Waals surface area contributed by atoms with E-state index < -0.39 is 7.25 Å². The second-order valence-corrected chi connectivity index (χ2v) is 7.28. The Labute approximate surface area is 172 Å². The maximum absolute atomic E-state index is 9.75. The van der Waals surface area contributed by atoms with Gasteiger partial charge in [0, 0.05) is 3.57 Å². The topological polar surface area (TPSA) is 9.23 Å². The molecular weight excluding hydrogens is 470 g/mol. The molecule has 0 aliphatic carbocycles. The summed E-state index contributed by atoms with van der Waals surface area (Å²) in [5, 5.41) is 0.